The molecule has 1 heterocycles. The summed E-state index contributed by atoms with van der Waals surface area (Å²) in [5.74, 6) is -0.714. The Kier molecular flexibility index (Phi) is 3.57. The molecule has 8 heteroatoms. The number of rotatable bonds is 3. The average Bonchev–Trinajstić information content (AvgIpc) is 2.38. The van der Waals surface area contributed by atoms with Gasteiger partial charge in [0.05, 0.1) is 16.6 Å². The molecule has 0 aliphatic heterocycles. The molecule has 0 bridgehead atoms. The van der Waals surface area contributed by atoms with E-state index in [9.17, 15) is 14.9 Å². The van der Waals surface area contributed by atoms with Crippen LogP contribution in [0, 0.1) is 10.1 Å². The maximum Gasteiger partial charge on any atom is 0.360 e. The van der Waals surface area contributed by atoms with Gasteiger partial charge in [0, 0.05) is 11.5 Å². The van der Waals surface area contributed by atoms with Crippen molar-refractivity contribution in [2.45, 2.75) is 6.92 Å². The van der Waals surface area contributed by atoms with Gasteiger partial charge in [-0.15, -0.1) is 10.2 Å². The van der Waals surface area contributed by atoms with Crippen LogP contribution >= 0.6 is 11.6 Å². The lowest BCUT2D eigenvalue weighted by atomic mass is 10.2. The first kappa shape index (κ1) is 13.2. The van der Waals surface area contributed by atoms with Crippen LogP contribution < -0.4 is 0 Å². The number of hydrogen-bond donors (Lipinski definition) is 0. The van der Waals surface area contributed by atoms with E-state index < -0.39 is 10.9 Å². The number of non-ortho nitro benzene ring substituents is 1. The van der Waals surface area contributed by atoms with Gasteiger partial charge in [0.15, 0.2) is 11.2 Å². The van der Waals surface area contributed by atoms with Gasteiger partial charge in [-0.1, -0.05) is 23.7 Å². The fourth-order valence-electron chi connectivity index (χ4n) is 1.56. The second kappa shape index (κ2) is 5.15. The molecule has 0 radical (unpaired) electrons. The van der Waals surface area contributed by atoms with Gasteiger partial charge in [-0.2, -0.15) is 0 Å². The summed E-state index contributed by atoms with van der Waals surface area (Å²) in [6.45, 7) is 1.81. The first-order valence-corrected chi connectivity index (χ1v) is 5.70. The number of fused-ring (bicyclic) bond motifs is 1. The highest BCUT2D eigenvalue weighted by Crippen LogP contribution is 2.30. The van der Waals surface area contributed by atoms with E-state index in [0.29, 0.717) is 0 Å². The van der Waals surface area contributed by atoms with Gasteiger partial charge < -0.3 is 4.74 Å². The van der Waals surface area contributed by atoms with E-state index in [-0.39, 0.29) is 33.9 Å². The summed E-state index contributed by atoms with van der Waals surface area (Å²) in [6.07, 6.45) is 0. The van der Waals surface area contributed by atoms with Crippen LogP contribution in [0.4, 0.5) is 5.69 Å². The Bertz CT molecular complexity index is 674. The molecule has 98 valence electrons. The summed E-state index contributed by atoms with van der Waals surface area (Å²) >= 11 is 6.02. The summed E-state index contributed by atoms with van der Waals surface area (Å²) in [5.41, 5.74) is -0.343. The number of esters is 1. The van der Waals surface area contributed by atoms with Crippen molar-refractivity contribution in [1.82, 2.24) is 10.2 Å². The molecule has 7 nitrogen and oxygen atoms in total. The Labute approximate surface area is 112 Å². The zero-order valence-corrected chi connectivity index (χ0v) is 10.5. The molecule has 2 aromatic rings. The van der Waals surface area contributed by atoms with E-state index in [1.54, 1.807) is 6.92 Å². The first-order valence-electron chi connectivity index (χ1n) is 5.32. The van der Waals surface area contributed by atoms with Gasteiger partial charge in [-0.05, 0) is 6.92 Å². The first-order chi connectivity index (χ1) is 9.06. The van der Waals surface area contributed by atoms with E-state index in [1.165, 1.54) is 18.2 Å². The standard InChI is InChI=1S/C11H8ClN3O4/c1-2-19-11(16)10-8(12)6-4-3-5-7(15(17)18)9(6)13-14-10/h3-5H,2H2,1H3. The normalized spacial score (nSPS) is 10.4. The highest BCUT2D eigenvalue weighted by atomic mass is 35.5. The summed E-state index contributed by atoms with van der Waals surface area (Å²) in [5, 5.41) is 18.4. The third-order valence-corrected chi connectivity index (χ3v) is 2.76. The number of aromatic nitrogens is 2. The van der Waals surface area contributed by atoms with Gasteiger partial charge >= 0.3 is 5.97 Å². The monoisotopic (exact) mass is 281 g/mol. The van der Waals surface area contributed by atoms with Crippen molar-refractivity contribution >= 4 is 34.2 Å². The third-order valence-electron chi connectivity index (χ3n) is 2.37. The molecule has 0 spiro atoms. The van der Waals surface area contributed by atoms with Gasteiger partial charge in [0.25, 0.3) is 5.69 Å². The smallest absolute Gasteiger partial charge is 0.360 e. The zero-order valence-electron chi connectivity index (χ0n) is 9.79. The molecule has 0 aliphatic rings. The van der Waals surface area contributed by atoms with E-state index >= 15 is 0 Å². The number of nitro groups is 1. The molecule has 0 N–H and O–H groups in total. The molecule has 0 fully saturated rings. The zero-order chi connectivity index (χ0) is 14.0. The summed E-state index contributed by atoms with van der Waals surface area (Å²) in [4.78, 5) is 21.8. The molecule has 19 heavy (non-hydrogen) atoms. The van der Waals surface area contributed by atoms with E-state index in [1.807, 2.05) is 0 Å². The van der Waals surface area contributed by atoms with Crippen LogP contribution in [0.1, 0.15) is 17.4 Å². The number of benzene rings is 1. The molecular weight excluding hydrogens is 274 g/mol. The molecule has 0 saturated heterocycles. The van der Waals surface area contributed by atoms with Crippen molar-refractivity contribution in [2.75, 3.05) is 6.61 Å². The summed E-state index contributed by atoms with van der Waals surface area (Å²) < 4.78 is 4.78. The Morgan fingerprint density at radius 1 is 1.47 bits per heavy atom. The number of nitro benzene ring substituents is 1. The van der Waals surface area contributed by atoms with Gasteiger partial charge in [-0.3, -0.25) is 10.1 Å². The maximum absolute atomic E-state index is 11.6. The SMILES string of the molecule is CCOC(=O)c1nnc2c([N+](=O)[O-])cccc2c1Cl. The molecule has 2 rings (SSSR count). The predicted molar refractivity (Wildman–Crippen MR) is 67.2 cm³/mol. The fraction of sp³-hybridized carbons (Fsp3) is 0.182. The van der Waals surface area contributed by atoms with Gasteiger partial charge in [0.2, 0.25) is 0 Å². The number of carbonyl (C=O) groups excluding carboxylic acids is 1. The lowest BCUT2D eigenvalue weighted by molar-refractivity contribution is -0.383. The topological polar surface area (TPSA) is 95.2 Å². The highest BCUT2D eigenvalue weighted by molar-refractivity contribution is 6.38. The average molecular weight is 282 g/mol. The quantitative estimate of drug-likeness (QED) is 0.487. The third kappa shape index (κ3) is 2.32. The largest absolute Gasteiger partial charge is 0.461 e. The Morgan fingerprint density at radius 3 is 2.84 bits per heavy atom. The van der Waals surface area contributed by atoms with Gasteiger partial charge in [0.1, 0.15) is 0 Å². The molecule has 1 aromatic carbocycles. The Balaban J connectivity index is 2.66. The lowest BCUT2D eigenvalue weighted by Gasteiger charge is -2.05. The molecular formula is C11H8ClN3O4. The minimum atomic E-state index is -0.714. The van der Waals surface area contributed by atoms with Crippen molar-refractivity contribution in [1.29, 1.82) is 0 Å². The highest BCUT2D eigenvalue weighted by Gasteiger charge is 2.21. The minimum Gasteiger partial charge on any atom is -0.461 e. The molecule has 1 aromatic heterocycles. The number of ether oxygens (including phenoxy) is 1. The van der Waals surface area contributed by atoms with Crippen LogP contribution in [-0.2, 0) is 4.74 Å². The van der Waals surface area contributed by atoms with E-state index in [0.717, 1.165) is 0 Å². The Morgan fingerprint density at radius 2 is 2.21 bits per heavy atom. The van der Waals surface area contributed by atoms with Crippen LogP contribution in [-0.4, -0.2) is 27.7 Å². The van der Waals surface area contributed by atoms with Crippen molar-refractivity contribution < 1.29 is 14.5 Å². The molecule has 0 unspecified atom stereocenters. The maximum atomic E-state index is 11.6. The number of carbonyl (C=O) groups is 1. The van der Waals surface area contributed by atoms with Gasteiger partial charge in [-0.25, -0.2) is 4.79 Å². The second-order valence-electron chi connectivity index (χ2n) is 3.51. The molecule has 0 amide bonds. The van der Waals surface area contributed by atoms with E-state index in [4.69, 9.17) is 16.3 Å². The summed E-state index contributed by atoms with van der Waals surface area (Å²) in [6, 6.07) is 4.28. The molecule has 0 saturated carbocycles. The van der Waals surface area contributed by atoms with E-state index in [2.05, 4.69) is 10.2 Å². The molecule has 0 aliphatic carbocycles. The lowest BCUT2D eigenvalue weighted by Crippen LogP contribution is -2.09. The van der Waals surface area contributed by atoms with Crippen molar-refractivity contribution in [3.05, 3.63) is 39.0 Å². The van der Waals surface area contributed by atoms with Crippen molar-refractivity contribution in [3.8, 4) is 0 Å². The van der Waals surface area contributed by atoms with Crippen molar-refractivity contribution in [2.24, 2.45) is 0 Å². The van der Waals surface area contributed by atoms with Crippen LogP contribution in [0.25, 0.3) is 10.9 Å². The number of halogens is 1. The van der Waals surface area contributed by atoms with Crippen LogP contribution in [0.3, 0.4) is 0 Å². The van der Waals surface area contributed by atoms with Crippen LogP contribution in [0.5, 0.6) is 0 Å². The summed E-state index contributed by atoms with van der Waals surface area (Å²) in [7, 11) is 0. The number of nitrogens with zero attached hydrogens (tertiary/aromatic N) is 3. The van der Waals surface area contributed by atoms with Crippen molar-refractivity contribution in [3.63, 3.8) is 0 Å². The van der Waals surface area contributed by atoms with Crippen LogP contribution in [0.2, 0.25) is 5.02 Å². The predicted octanol–water partition coefficient (Wildman–Crippen LogP) is 2.37. The number of hydrogen-bond acceptors (Lipinski definition) is 6. The van der Waals surface area contributed by atoms with Crippen LogP contribution in [0.15, 0.2) is 18.2 Å². The molecule has 0 atom stereocenters. The second-order valence-corrected chi connectivity index (χ2v) is 3.89. The Hall–Kier alpha value is -2.28. The minimum absolute atomic E-state index is 0.00727. The fourth-order valence-corrected chi connectivity index (χ4v) is 1.83.